The number of aromatic nitrogens is 1. The van der Waals surface area contributed by atoms with Gasteiger partial charge in [0.25, 0.3) is 0 Å². The van der Waals surface area contributed by atoms with Crippen LogP contribution in [0.5, 0.6) is 0 Å². The van der Waals surface area contributed by atoms with Gasteiger partial charge in [-0.2, -0.15) is 0 Å². The predicted molar refractivity (Wildman–Crippen MR) is 58.4 cm³/mol. The summed E-state index contributed by atoms with van der Waals surface area (Å²) in [6, 6.07) is 1.58. The molecule has 0 aliphatic carbocycles. The van der Waals surface area contributed by atoms with Crippen molar-refractivity contribution < 1.29 is 9.11 Å². The van der Waals surface area contributed by atoms with Crippen LogP contribution in [0.15, 0.2) is 23.4 Å². The maximum absolute atomic E-state index is 8.98. The van der Waals surface area contributed by atoms with E-state index in [1.165, 1.54) is 9.12 Å². The van der Waals surface area contributed by atoms with E-state index in [2.05, 4.69) is 21.2 Å². The van der Waals surface area contributed by atoms with Crippen LogP contribution in [-0.4, -0.2) is 13.1 Å². The molecule has 7 heteroatoms. The van der Waals surface area contributed by atoms with Crippen molar-refractivity contribution in [1.29, 1.82) is 0 Å². The van der Waals surface area contributed by atoms with E-state index in [0.717, 1.165) is 0 Å². The van der Waals surface area contributed by atoms with Gasteiger partial charge in [-0.1, -0.05) is 9.80 Å². The highest BCUT2D eigenvalue weighted by Gasteiger charge is 2.12. The first-order valence-electron chi connectivity index (χ1n) is 2.49. The molecule has 0 aromatic carbocycles. The molecule has 0 unspecified atom stereocenters. The van der Waals surface area contributed by atoms with Crippen molar-refractivity contribution in [1.82, 2.24) is 3.97 Å². The minimum Gasteiger partial charge on any atom is -0.288 e. The zero-order valence-corrected chi connectivity index (χ0v) is 9.69. The molecule has 0 bridgehead atoms. The van der Waals surface area contributed by atoms with Crippen molar-refractivity contribution >= 4 is 50.8 Å². The summed E-state index contributed by atoms with van der Waals surface area (Å²) in [5.74, 6) is 0. The summed E-state index contributed by atoms with van der Waals surface area (Å²) in [6.07, 6.45) is 3.29. The lowest BCUT2D eigenvalue weighted by Gasteiger charge is -2.20. The van der Waals surface area contributed by atoms with Gasteiger partial charge in [-0.05, 0) is 6.07 Å². The Hall–Kier alpha value is 0.920. The Labute approximate surface area is 86.7 Å². The summed E-state index contributed by atoms with van der Waals surface area (Å²) >= 11 is 2.08. The Balaban J connectivity index is 2.89. The zero-order chi connectivity index (χ0) is 8.48. The Morgan fingerprint density at radius 2 is 2.27 bits per heavy atom. The van der Waals surface area contributed by atoms with Crippen LogP contribution in [0.3, 0.4) is 0 Å². The van der Waals surface area contributed by atoms with Crippen molar-refractivity contribution in [2.45, 2.75) is 4.90 Å². The molecule has 2 N–H and O–H groups in total. The predicted octanol–water partition coefficient (Wildman–Crippen LogP) is 3.60. The van der Waals surface area contributed by atoms with Crippen molar-refractivity contribution in [2.75, 3.05) is 0 Å². The van der Waals surface area contributed by atoms with Gasteiger partial charge in [0, 0.05) is 53.4 Å². The van der Waals surface area contributed by atoms with E-state index in [9.17, 15) is 0 Å². The zero-order valence-electron chi connectivity index (χ0n) is 5.15. The molecule has 0 amide bonds. The molecule has 1 aromatic heterocycles. The van der Waals surface area contributed by atoms with Gasteiger partial charge in [-0.25, -0.2) is 0 Å². The Bertz CT molecular complexity index is 248. The molecule has 0 spiro atoms. The standard InChI is InChI=1S/C4H5ClINO2S2/c5-11(8,9)4-1-2-7(3-4)10-6/h1-3,8-9H. The number of hydrogen-bond donors (Lipinski definition) is 2. The Morgan fingerprint density at radius 1 is 1.64 bits per heavy atom. The van der Waals surface area contributed by atoms with Gasteiger partial charge in [0.15, 0.2) is 0 Å². The normalized spacial score (nSPS) is 13.5. The SMILES string of the molecule is OS(O)(Cl)c1ccn(SI)c1. The second-order valence-electron chi connectivity index (χ2n) is 1.76. The van der Waals surface area contributed by atoms with Crippen LogP contribution in [0.25, 0.3) is 0 Å². The van der Waals surface area contributed by atoms with Crippen LogP contribution in [-0.2, 0) is 0 Å². The van der Waals surface area contributed by atoms with Gasteiger partial charge in [0.2, 0.25) is 0 Å². The lowest BCUT2D eigenvalue weighted by molar-refractivity contribution is 0.507. The molecule has 1 rings (SSSR count). The molecule has 0 saturated carbocycles. The lowest BCUT2D eigenvalue weighted by atomic mass is 10.7. The number of hydrogen-bond acceptors (Lipinski definition) is 3. The number of rotatable bonds is 2. The average molecular weight is 326 g/mol. The molecule has 0 saturated heterocycles. The second kappa shape index (κ2) is 3.75. The number of halogens is 2. The first-order valence-corrected chi connectivity index (χ1v) is 8.18. The van der Waals surface area contributed by atoms with E-state index in [1.807, 2.05) is 0 Å². The van der Waals surface area contributed by atoms with E-state index < -0.39 is 9.80 Å². The molecule has 0 aliphatic rings. The maximum atomic E-state index is 8.98. The van der Waals surface area contributed by atoms with Crippen molar-refractivity contribution in [3.63, 3.8) is 0 Å². The van der Waals surface area contributed by atoms with E-state index >= 15 is 0 Å². The first-order chi connectivity index (χ1) is 5.04. The maximum Gasteiger partial charge on any atom is 0.0943 e. The molecule has 0 aliphatic heterocycles. The van der Waals surface area contributed by atoms with Crippen LogP contribution >= 0.6 is 50.8 Å². The first kappa shape index (κ1) is 10.0. The van der Waals surface area contributed by atoms with Gasteiger partial charge in [-0.15, -0.1) is 0 Å². The summed E-state index contributed by atoms with van der Waals surface area (Å²) in [7, 11) is 3.67. The molecular weight excluding hydrogens is 321 g/mol. The van der Waals surface area contributed by atoms with Crippen molar-refractivity contribution in [3.05, 3.63) is 18.5 Å². The summed E-state index contributed by atoms with van der Waals surface area (Å²) in [4.78, 5) is 0.350. The highest BCUT2D eigenvalue weighted by Crippen LogP contribution is 2.53. The van der Waals surface area contributed by atoms with Crippen molar-refractivity contribution in [3.8, 4) is 0 Å². The fourth-order valence-electron chi connectivity index (χ4n) is 0.555. The van der Waals surface area contributed by atoms with Crippen LogP contribution in [0.4, 0.5) is 0 Å². The van der Waals surface area contributed by atoms with Gasteiger partial charge in [-0.3, -0.25) is 13.1 Å². The van der Waals surface area contributed by atoms with Gasteiger partial charge >= 0.3 is 0 Å². The fraction of sp³-hybridized carbons (Fsp3) is 0. The molecule has 64 valence electrons. The van der Waals surface area contributed by atoms with Gasteiger partial charge in [0.05, 0.1) is 4.90 Å². The van der Waals surface area contributed by atoms with Crippen molar-refractivity contribution in [2.24, 2.45) is 0 Å². The monoisotopic (exact) mass is 325 g/mol. The Kier molecular flexibility index (Phi) is 3.41. The van der Waals surface area contributed by atoms with E-state index in [-0.39, 0.29) is 0 Å². The third-order valence-corrected chi connectivity index (χ3v) is 4.15. The van der Waals surface area contributed by atoms with E-state index in [4.69, 9.17) is 19.8 Å². The highest BCUT2D eigenvalue weighted by atomic mass is 127. The largest absolute Gasteiger partial charge is 0.288 e. The third-order valence-electron chi connectivity index (χ3n) is 1.02. The molecule has 0 radical (unpaired) electrons. The molecule has 1 heterocycles. The van der Waals surface area contributed by atoms with Gasteiger partial charge < -0.3 is 0 Å². The molecule has 3 nitrogen and oxygen atoms in total. The third kappa shape index (κ3) is 2.71. The van der Waals surface area contributed by atoms with Crippen LogP contribution in [0.2, 0.25) is 0 Å². The van der Waals surface area contributed by atoms with Gasteiger partial charge in [0.1, 0.15) is 0 Å². The molecular formula is C4H5ClINO2S2. The summed E-state index contributed by atoms with van der Waals surface area (Å²) in [6.45, 7) is 0. The average Bonchev–Trinajstić information content (AvgIpc) is 2.32. The van der Waals surface area contributed by atoms with Crippen LogP contribution < -0.4 is 0 Å². The van der Waals surface area contributed by atoms with Crippen LogP contribution in [0.1, 0.15) is 0 Å². The molecule has 0 atom stereocenters. The quantitative estimate of drug-likeness (QED) is 0.817. The molecule has 11 heavy (non-hydrogen) atoms. The van der Waals surface area contributed by atoms with E-state index in [0.29, 0.717) is 4.90 Å². The fourth-order valence-corrected chi connectivity index (χ4v) is 2.37. The minimum atomic E-state index is -3.06. The van der Waals surface area contributed by atoms with E-state index in [1.54, 1.807) is 22.4 Å². The molecule has 0 fully saturated rings. The lowest BCUT2D eigenvalue weighted by Crippen LogP contribution is -1.85. The second-order valence-corrected chi connectivity index (χ2v) is 6.22. The minimum absolute atomic E-state index is 0.350. The number of nitrogens with zero attached hydrogens (tertiary/aromatic N) is 1. The summed E-state index contributed by atoms with van der Waals surface area (Å²) < 4.78 is 19.7. The smallest absolute Gasteiger partial charge is 0.0943 e. The summed E-state index contributed by atoms with van der Waals surface area (Å²) in [5.41, 5.74) is 0. The Morgan fingerprint density at radius 3 is 2.55 bits per heavy atom. The molecule has 1 aromatic rings. The summed E-state index contributed by atoms with van der Waals surface area (Å²) in [5, 5.41) is 0. The highest BCUT2D eigenvalue weighted by molar-refractivity contribution is 14.2. The van der Waals surface area contributed by atoms with Crippen LogP contribution in [0, 0.1) is 0 Å². The topological polar surface area (TPSA) is 45.4 Å².